The maximum Gasteiger partial charge on any atom is 0.229 e. The zero-order valence-corrected chi connectivity index (χ0v) is 20.2. The molecule has 0 atom stereocenters. The Labute approximate surface area is 198 Å². The molecule has 174 valence electrons. The van der Waals surface area contributed by atoms with Gasteiger partial charge < -0.3 is 9.73 Å². The van der Waals surface area contributed by atoms with E-state index in [2.05, 4.69) is 20.1 Å². The van der Waals surface area contributed by atoms with Gasteiger partial charge in [0, 0.05) is 22.7 Å². The minimum absolute atomic E-state index is 0.00596. The van der Waals surface area contributed by atoms with Crippen LogP contribution < -0.4 is 5.32 Å². The quantitative estimate of drug-likeness (QED) is 0.339. The lowest BCUT2D eigenvalue weighted by atomic mass is 9.95. The second kappa shape index (κ2) is 9.95. The fourth-order valence-electron chi connectivity index (χ4n) is 3.89. The molecule has 1 N–H and O–H groups in total. The van der Waals surface area contributed by atoms with Gasteiger partial charge in [0.2, 0.25) is 11.7 Å². The van der Waals surface area contributed by atoms with Crippen LogP contribution >= 0.6 is 11.8 Å². The number of ketones is 1. The van der Waals surface area contributed by atoms with Gasteiger partial charge in [0.1, 0.15) is 0 Å². The fourth-order valence-corrected chi connectivity index (χ4v) is 4.79. The summed E-state index contributed by atoms with van der Waals surface area (Å²) in [4.78, 5) is 25.0. The summed E-state index contributed by atoms with van der Waals surface area (Å²) in [5.41, 5.74) is 0.805. The third-order valence-corrected chi connectivity index (χ3v) is 6.77. The van der Waals surface area contributed by atoms with Crippen LogP contribution in [0, 0.1) is 5.41 Å². The number of rotatable bonds is 7. The van der Waals surface area contributed by atoms with Crippen molar-refractivity contribution in [1.29, 1.82) is 0 Å². The summed E-state index contributed by atoms with van der Waals surface area (Å²) in [5, 5.41) is 12.4. The van der Waals surface area contributed by atoms with E-state index in [1.54, 1.807) is 30.5 Å². The van der Waals surface area contributed by atoms with E-state index in [0.717, 1.165) is 23.8 Å². The Morgan fingerprint density at radius 3 is 2.45 bits per heavy atom. The van der Waals surface area contributed by atoms with Crippen LogP contribution in [0.3, 0.4) is 0 Å². The number of aromatic nitrogens is 3. The summed E-state index contributed by atoms with van der Waals surface area (Å²) in [5.74, 6) is 1.62. The molecular formula is C25H30N4O3S. The van der Waals surface area contributed by atoms with Crippen LogP contribution in [0.5, 0.6) is 0 Å². The van der Waals surface area contributed by atoms with Gasteiger partial charge >= 0.3 is 0 Å². The Bertz CT molecular complexity index is 1090. The molecular weight excluding hydrogens is 436 g/mol. The molecule has 0 spiro atoms. The van der Waals surface area contributed by atoms with E-state index < -0.39 is 5.41 Å². The monoisotopic (exact) mass is 466 g/mol. The molecule has 0 aliphatic heterocycles. The van der Waals surface area contributed by atoms with E-state index in [0.29, 0.717) is 23.1 Å². The fraction of sp³-hybridized carbons (Fsp3) is 0.440. The lowest BCUT2D eigenvalue weighted by Gasteiger charge is -2.25. The van der Waals surface area contributed by atoms with Crippen molar-refractivity contribution >= 4 is 29.1 Å². The number of nitrogens with one attached hydrogen (secondary N) is 1. The van der Waals surface area contributed by atoms with E-state index in [-0.39, 0.29) is 17.4 Å². The van der Waals surface area contributed by atoms with Gasteiger partial charge in [-0.2, -0.15) is 0 Å². The summed E-state index contributed by atoms with van der Waals surface area (Å²) < 4.78 is 7.74. The van der Waals surface area contributed by atoms with Crippen LogP contribution in [0.4, 0.5) is 5.69 Å². The Hall–Kier alpha value is -2.87. The zero-order valence-electron chi connectivity index (χ0n) is 19.3. The molecule has 3 aromatic rings. The number of anilines is 1. The largest absolute Gasteiger partial charge is 0.461 e. The molecule has 1 fully saturated rings. The first-order chi connectivity index (χ1) is 15.8. The van der Waals surface area contributed by atoms with Crippen LogP contribution in [-0.4, -0.2) is 32.2 Å². The second-order valence-corrected chi connectivity index (χ2v) is 10.4. The highest BCUT2D eigenvalue weighted by molar-refractivity contribution is 7.99. The summed E-state index contributed by atoms with van der Waals surface area (Å²) >= 11 is 1.41. The Kier molecular flexibility index (Phi) is 7.02. The number of nitrogens with zero attached hydrogens (tertiary/aromatic N) is 3. The van der Waals surface area contributed by atoms with Crippen molar-refractivity contribution in [2.75, 3.05) is 11.1 Å². The molecule has 2 aromatic heterocycles. The summed E-state index contributed by atoms with van der Waals surface area (Å²) in [6.07, 6.45) is 7.41. The number of carbonyl (C=O) groups excluding carboxylic acids is 2. The molecule has 8 heteroatoms. The van der Waals surface area contributed by atoms with Crippen LogP contribution in [0.1, 0.15) is 69.3 Å². The van der Waals surface area contributed by atoms with Crippen molar-refractivity contribution in [3.63, 3.8) is 0 Å². The molecule has 1 aliphatic carbocycles. The highest BCUT2D eigenvalue weighted by Crippen LogP contribution is 2.35. The molecule has 0 bridgehead atoms. The number of furan rings is 1. The van der Waals surface area contributed by atoms with Gasteiger partial charge in [0.05, 0.1) is 12.0 Å². The van der Waals surface area contributed by atoms with Gasteiger partial charge in [-0.15, -0.1) is 10.2 Å². The lowest BCUT2D eigenvalue weighted by molar-refractivity contribution is -0.123. The Morgan fingerprint density at radius 2 is 1.82 bits per heavy atom. The van der Waals surface area contributed by atoms with Gasteiger partial charge in [-0.1, -0.05) is 51.8 Å². The first-order valence-electron chi connectivity index (χ1n) is 11.4. The molecule has 4 rings (SSSR count). The first kappa shape index (κ1) is 23.3. The van der Waals surface area contributed by atoms with Gasteiger partial charge in [0.15, 0.2) is 16.7 Å². The molecule has 33 heavy (non-hydrogen) atoms. The number of benzene rings is 1. The Balaban J connectivity index is 1.45. The normalized spacial score (nSPS) is 14.9. The van der Waals surface area contributed by atoms with E-state index >= 15 is 0 Å². The van der Waals surface area contributed by atoms with E-state index in [1.165, 1.54) is 31.0 Å². The topological polar surface area (TPSA) is 90.0 Å². The summed E-state index contributed by atoms with van der Waals surface area (Å²) in [6.45, 7) is 5.59. The lowest BCUT2D eigenvalue weighted by Crippen LogP contribution is -2.27. The smallest absolute Gasteiger partial charge is 0.229 e. The van der Waals surface area contributed by atoms with Crippen LogP contribution in [0.25, 0.3) is 11.6 Å². The number of hydrogen-bond acceptors (Lipinski definition) is 6. The van der Waals surface area contributed by atoms with E-state index in [4.69, 9.17) is 4.42 Å². The van der Waals surface area contributed by atoms with Crippen molar-refractivity contribution in [2.45, 2.75) is 64.1 Å². The van der Waals surface area contributed by atoms with Gasteiger partial charge in [-0.3, -0.25) is 14.2 Å². The van der Waals surface area contributed by atoms with Crippen molar-refractivity contribution < 1.29 is 14.0 Å². The number of carbonyl (C=O) groups is 2. The van der Waals surface area contributed by atoms with Crippen LogP contribution in [0.2, 0.25) is 0 Å². The van der Waals surface area contributed by atoms with Crippen LogP contribution in [-0.2, 0) is 4.79 Å². The highest BCUT2D eigenvalue weighted by Gasteiger charge is 2.25. The van der Waals surface area contributed by atoms with Crippen LogP contribution in [0.15, 0.2) is 52.2 Å². The molecule has 1 aromatic carbocycles. The molecule has 0 saturated heterocycles. The molecule has 1 saturated carbocycles. The minimum Gasteiger partial charge on any atom is -0.461 e. The second-order valence-electron chi connectivity index (χ2n) is 9.44. The van der Waals surface area contributed by atoms with Crippen molar-refractivity contribution in [1.82, 2.24) is 14.8 Å². The molecule has 7 nitrogen and oxygen atoms in total. The molecule has 0 radical (unpaired) electrons. The number of Topliss-reactive ketones (excluding diaryl/α,β-unsaturated/α-hetero) is 1. The standard InChI is InChI=1S/C25H30N4O3S/c1-25(2,3)23(31)26-18-13-11-17(12-14-18)20(30)16-33-24-28-27-22(21-10-7-15-32-21)29(24)19-8-5-4-6-9-19/h7,10-15,19H,4-6,8-9,16H2,1-3H3,(H,26,31). The summed E-state index contributed by atoms with van der Waals surface area (Å²) in [7, 11) is 0. The predicted octanol–water partition coefficient (Wildman–Crippen LogP) is 6.00. The average molecular weight is 467 g/mol. The molecule has 1 amide bonds. The highest BCUT2D eigenvalue weighted by atomic mass is 32.2. The third kappa shape index (κ3) is 5.55. The maximum absolute atomic E-state index is 12.8. The molecule has 1 aliphatic rings. The first-order valence-corrected chi connectivity index (χ1v) is 12.4. The van der Waals surface area contributed by atoms with Gasteiger partial charge in [-0.25, -0.2) is 0 Å². The van der Waals surface area contributed by atoms with Gasteiger partial charge in [0.25, 0.3) is 0 Å². The van der Waals surface area contributed by atoms with Gasteiger partial charge in [-0.05, 0) is 49.2 Å². The SMILES string of the molecule is CC(C)(C)C(=O)Nc1ccc(C(=O)CSc2nnc(-c3ccco3)n2C2CCCCC2)cc1. The van der Waals surface area contributed by atoms with Crippen molar-refractivity contribution in [2.24, 2.45) is 5.41 Å². The summed E-state index contributed by atoms with van der Waals surface area (Å²) in [6, 6.07) is 11.1. The van der Waals surface area contributed by atoms with Crippen molar-refractivity contribution in [3.05, 3.63) is 48.2 Å². The number of thioether (sulfide) groups is 1. The van der Waals surface area contributed by atoms with E-state index in [9.17, 15) is 9.59 Å². The third-order valence-electron chi connectivity index (χ3n) is 5.82. The average Bonchev–Trinajstić information content (AvgIpc) is 3.47. The molecule has 2 heterocycles. The maximum atomic E-state index is 12.8. The Morgan fingerprint density at radius 1 is 1.09 bits per heavy atom. The number of hydrogen-bond donors (Lipinski definition) is 1. The minimum atomic E-state index is -0.478. The van der Waals surface area contributed by atoms with E-state index in [1.807, 2.05) is 32.9 Å². The van der Waals surface area contributed by atoms with Crippen molar-refractivity contribution in [3.8, 4) is 11.6 Å². The predicted molar refractivity (Wildman–Crippen MR) is 129 cm³/mol. The zero-order chi connectivity index (χ0) is 23.4. The molecule has 0 unspecified atom stereocenters. The number of amides is 1.